The quantitative estimate of drug-likeness (QED) is 0.576. The predicted molar refractivity (Wildman–Crippen MR) is 79.2 cm³/mol. The van der Waals surface area contributed by atoms with Crippen molar-refractivity contribution in [3.63, 3.8) is 0 Å². The summed E-state index contributed by atoms with van der Waals surface area (Å²) >= 11 is 0. The number of benzene rings is 1. The molecule has 0 aliphatic rings. The molecule has 10 heteroatoms. The number of aromatic amines is 1. The van der Waals surface area contributed by atoms with Gasteiger partial charge in [0.05, 0.1) is 0 Å². The van der Waals surface area contributed by atoms with Crippen LogP contribution in [0, 0.1) is 13.8 Å². The van der Waals surface area contributed by atoms with Gasteiger partial charge in [-0.15, -0.1) is 10.2 Å². The molecule has 4 N–H and O–H groups in total. The van der Waals surface area contributed by atoms with E-state index in [9.17, 15) is 17.8 Å². The molecule has 0 radical (unpaired) electrons. The summed E-state index contributed by atoms with van der Waals surface area (Å²) in [4.78, 5) is 17.5. The highest BCUT2D eigenvalue weighted by Gasteiger charge is 2.16. The predicted octanol–water partition coefficient (Wildman–Crippen LogP) is 1.63. The number of hydrogen-bond acceptors (Lipinski definition) is 7. The molecule has 2 rings (SSSR count). The number of H-pyrrole nitrogens is 1. The third kappa shape index (κ3) is 3.35. The zero-order valence-electron chi connectivity index (χ0n) is 11.7. The van der Waals surface area contributed by atoms with Crippen LogP contribution in [-0.4, -0.2) is 22.9 Å². The highest BCUT2D eigenvalue weighted by Crippen LogP contribution is 2.27. The standard InChI is InChI=1S/C12H13N5O4S/c1-6-3-4-8(9(5-6)22(19,20)21)16-17-10-11(13)14-7(2)15-12(10)18/h3-5H,1-2H3,(H,19,20,21)(H3,13,14,15,18). The van der Waals surface area contributed by atoms with Crippen LogP contribution in [0.4, 0.5) is 17.2 Å². The highest BCUT2D eigenvalue weighted by atomic mass is 32.2. The van der Waals surface area contributed by atoms with E-state index >= 15 is 0 Å². The van der Waals surface area contributed by atoms with E-state index in [1.165, 1.54) is 12.1 Å². The van der Waals surface area contributed by atoms with Crippen molar-refractivity contribution in [2.45, 2.75) is 18.7 Å². The zero-order chi connectivity index (χ0) is 16.5. The van der Waals surface area contributed by atoms with Gasteiger partial charge in [-0.1, -0.05) is 6.07 Å². The summed E-state index contributed by atoms with van der Waals surface area (Å²) in [5.41, 5.74) is 5.23. The van der Waals surface area contributed by atoms with Crippen LogP contribution in [-0.2, 0) is 10.1 Å². The van der Waals surface area contributed by atoms with Gasteiger partial charge in [-0.2, -0.15) is 8.42 Å². The van der Waals surface area contributed by atoms with Crippen molar-refractivity contribution < 1.29 is 13.0 Å². The molecule has 1 heterocycles. The van der Waals surface area contributed by atoms with Gasteiger partial charge in [-0.3, -0.25) is 9.35 Å². The van der Waals surface area contributed by atoms with E-state index in [-0.39, 0.29) is 17.2 Å². The highest BCUT2D eigenvalue weighted by molar-refractivity contribution is 7.86. The number of hydrogen-bond donors (Lipinski definition) is 3. The fourth-order valence-corrected chi connectivity index (χ4v) is 2.42. The maximum atomic E-state index is 11.7. The first-order valence-electron chi connectivity index (χ1n) is 6.05. The lowest BCUT2D eigenvalue weighted by molar-refractivity contribution is 0.483. The Morgan fingerprint density at radius 1 is 1.27 bits per heavy atom. The topological polar surface area (TPSA) is 151 Å². The van der Waals surface area contributed by atoms with Gasteiger partial charge < -0.3 is 10.7 Å². The molecule has 0 unspecified atom stereocenters. The molecule has 0 aliphatic heterocycles. The lowest BCUT2D eigenvalue weighted by atomic mass is 10.2. The molecule has 2 aromatic rings. The molecule has 22 heavy (non-hydrogen) atoms. The lowest BCUT2D eigenvalue weighted by Gasteiger charge is -2.03. The van der Waals surface area contributed by atoms with E-state index in [0.29, 0.717) is 11.4 Å². The summed E-state index contributed by atoms with van der Waals surface area (Å²) < 4.78 is 31.9. The summed E-state index contributed by atoms with van der Waals surface area (Å²) in [5.74, 6) is 0.181. The number of nitrogen functional groups attached to an aromatic ring is 1. The van der Waals surface area contributed by atoms with Gasteiger partial charge >= 0.3 is 0 Å². The summed E-state index contributed by atoms with van der Waals surface area (Å²) in [7, 11) is -4.47. The van der Waals surface area contributed by atoms with Crippen molar-refractivity contribution in [3.8, 4) is 0 Å². The van der Waals surface area contributed by atoms with Crippen LogP contribution >= 0.6 is 0 Å². The lowest BCUT2D eigenvalue weighted by Crippen LogP contribution is -2.11. The summed E-state index contributed by atoms with van der Waals surface area (Å²) in [5, 5.41) is 7.32. The molecule has 116 valence electrons. The fourth-order valence-electron chi connectivity index (χ4n) is 1.71. The Morgan fingerprint density at radius 3 is 2.55 bits per heavy atom. The molecule has 0 fully saturated rings. The van der Waals surface area contributed by atoms with Crippen molar-refractivity contribution in [2.24, 2.45) is 10.2 Å². The number of rotatable bonds is 3. The Kier molecular flexibility index (Phi) is 4.06. The molecule has 9 nitrogen and oxygen atoms in total. The number of aromatic nitrogens is 2. The van der Waals surface area contributed by atoms with Gasteiger partial charge in [0.1, 0.15) is 16.4 Å². The Bertz CT molecular complexity index is 918. The van der Waals surface area contributed by atoms with Crippen LogP contribution in [0.15, 0.2) is 38.1 Å². The molecule has 0 amide bonds. The molecule has 0 atom stereocenters. The van der Waals surface area contributed by atoms with Gasteiger partial charge in [0, 0.05) is 0 Å². The Balaban J connectivity index is 2.55. The van der Waals surface area contributed by atoms with E-state index in [1.54, 1.807) is 19.9 Å². The SMILES string of the molecule is Cc1ccc(N=Nc2c(N)nc(C)[nH]c2=O)c(S(=O)(=O)O)c1. The average Bonchev–Trinajstić information content (AvgIpc) is 2.37. The fraction of sp³-hybridized carbons (Fsp3) is 0.167. The Hall–Kier alpha value is -2.59. The average molecular weight is 323 g/mol. The van der Waals surface area contributed by atoms with E-state index < -0.39 is 20.6 Å². The summed E-state index contributed by atoms with van der Waals surface area (Å²) in [6.07, 6.45) is 0. The number of nitrogens with zero attached hydrogens (tertiary/aromatic N) is 3. The molecule has 0 aliphatic carbocycles. The monoisotopic (exact) mass is 323 g/mol. The molecule has 0 spiro atoms. The normalized spacial score (nSPS) is 12.0. The van der Waals surface area contributed by atoms with Gasteiger partial charge in [0.15, 0.2) is 11.5 Å². The molecule has 1 aromatic carbocycles. The molecule has 0 saturated carbocycles. The van der Waals surface area contributed by atoms with Gasteiger partial charge in [-0.25, -0.2) is 4.98 Å². The van der Waals surface area contributed by atoms with E-state index in [4.69, 9.17) is 5.73 Å². The summed E-state index contributed by atoms with van der Waals surface area (Å²) in [6.45, 7) is 3.21. The van der Waals surface area contributed by atoms with Crippen LogP contribution in [0.2, 0.25) is 0 Å². The smallest absolute Gasteiger partial charge is 0.296 e. The second kappa shape index (κ2) is 5.66. The number of azo groups is 1. The van der Waals surface area contributed by atoms with Crippen LogP contribution in [0.3, 0.4) is 0 Å². The minimum atomic E-state index is -4.47. The number of aryl methyl sites for hydroxylation is 2. The Morgan fingerprint density at radius 2 is 1.95 bits per heavy atom. The van der Waals surface area contributed by atoms with Crippen molar-refractivity contribution in [1.82, 2.24) is 9.97 Å². The molecule has 0 saturated heterocycles. The van der Waals surface area contributed by atoms with E-state index in [2.05, 4.69) is 20.2 Å². The van der Waals surface area contributed by atoms with Crippen LogP contribution in [0.1, 0.15) is 11.4 Å². The van der Waals surface area contributed by atoms with E-state index in [1.807, 2.05) is 0 Å². The second-order valence-electron chi connectivity index (χ2n) is 4.53. The zero-order valence-corrected chi connectivity index (χ0v) is 12.5. The maximum absolute atomic E-state index is 11.7. The number of anilines is 1. The van der Waals surface area contributed by atoms with Gasteiger partial charge in [0.25, 0.3) is 15.7 Å². The molecule has 1 aromatic heterocycles. The molecular weight excluding hydrogens is 310 g/mol. The van der Waals surface area contributed by atoms with Gasteiger partial charge in [0.2, 0.25) is 0 Å². The van der Waals surface area contributed by atoms with Crippen molar-refractivity contribution in [2.75, 3.05) is 5.73 Å². The van der Waals surface area contributed by atoms with Crippen LogP contribution < -0.4 is 11.3 Å². The van der Waals surface area contributed by atoms with E-state index in [0.717, 1.165) is 0 Å². The largest absolute Gasteiger partial charge is 0.382 e. The van der Waals surface area contributed by atoms with Crippen LogP contribution in [0.25, 0.3) is 0 Å². The first kappa shape index (κ1) is 15.8. The summed E-state index contributed by atoms with van der Waals surface area (Å²) in [6, 6.07) is 4.18. The molecular formula is C12H13N5O4S. The first-order valence-corrected chi connectivity index (χ1v) is 7.49. The second-order valence-corrected chi connectivity index (χ2v) is 5.92. The number of nitrogens with one attached hydrogen (secondary N) is 1. The van der Waals surface area contributed by atoms with Crippen molar-refractivity contribution in [3.05, 3.63) is 39.9 Å². The number of nitrogens with two attached hydrogens (primary N) is 1. The van der Waals surface area contributed by atoms with Crippen molar-refractivity contribution >= 4 is 27.3 Å². The van der Waals surface area contributed by atoms with Crippen LogP contribution in [0.5, 0.6) is 0 Å². The first-order chi connectivity index (χ1) is 10.2. The minimum Gasteiger partial charge on any atom is -0.382 e. The molecule has 0 bridgehead atoms. The minimum absolute atomic E-state index is 0.118. The van der Waals surface area contributed by atoms with Crippen molar-refractivity contribution in [1.29, 1.82) is 0 Å². The van der Waals surface area contributed by atoms with Gasteiger partial charge in [-0.05, 0) is 31.5 Å². The Labute approximate surface area is 125 Å². The third-order valence-corrected chi connectivity index (χ3v) is 3.57. The third-order valence-electron chi connectivity index (χ3n) is 2.69. The maximum Gasteiger partial charge on any atom is 0.296 e.